The maximum absolute atomic E-state index is 5.75. The first-order chi connectivity index (χ1) is 9.85. The Bertz CT molecular complexity index is 427. The lowest BCUT2D eigenvalue weighted by molar-refractivity contribution is 0.115. The predicted molar refractivity (Wildman–Crippen MR) is 81.0 cm³/mol. The molecule has 0 amide bonds. The maximum Gasteiger partial charge on any atom is 0.0750 e. The van der Waals surface area contributed by atoms with E-state index in [2.05, 4.69) is 34.3 Å². The molecule has 2 heterocycles. The Morgan fingerprint density at radius 3 is 3.00 bits per heavy atom. The highest BCUT2D eigenvalue weighted by molar-refractivity contribution is 5.46. The fourth-order valence-electron chi connectivity index (χ4n) is 2.75. The molecule has 4 heteroatoms. The van der Waals surface area contributed by atoms with Crippen LogP contribution in [0.2, 0.25) is 0 Å². The lowest BCUT2D eigenvalue weighted by Crippen LogP contribution is -2.32. The molecule has 0 bridgehead atoms. The van der Waals surface area contributed by atoms with Gasteiger partial charge in [0, 0.05) is 44.2 Å². The van der Waals surface area contributed by atoms with Gasteiger partial charge in [-0.15, -0.1) is 0 Å². The molecule has 1 aliphatic heterocycles. The van der Waals surface area contributed by atoms with E-state index < -0.39 is 0 Å². The van der Waals surface area contributed by atoms with E-state index in [1.807, 2.05) is 6.20 Å². The van der Waals surface area contributed by atoms with E-state index in [4.69, 9.17) is 4.74 Å². The zero-order chi connectivity index (χ0) is 13.8. The van der Waals surface area contributed by atoms with Gasteiger partial charge in [-0.05, 0) is 44.7 Å². The van der Waals surface area contributed by atoms with Crippen LogP contribution in [-0.2, 0) is 11.3 Å². The predicted octanol–water partition coefficient (Wildman–Crippen LogP) is 2.34. The Hall–Kier alpha value is -1.13. The first-order valence-electron chi connectivity index (χ1n) is 7.90. The third-order valence-corrected chi connectivity index (χ3v) is 4.14. The summed E-state index contributed by atoms with van der Waals surface area (Å²) >= 11 is 0. The molecule has 0 spiro atoms. The summed E-state index contributed by atoms with van der Waals surface area (Å²) in [4.78, 5) is 6.87. The van der Waals surface area contributed by atoms with Crippen molar-refractivity contribution in [2.45, 2.75) is 51.3 Å². The second kappa shape index (κ2) is 6.55. The van der Waals surface area contributed by atoms with Crippen LogP contribution in [0.1, 0.15) is 38.3 Å². The second-order valence-corrected chi connectivity index (χ2v) is 5.83. The average Bonchev–Trinajstić information content (AvgIpc) is 3.18. The summed E-state index contributed by atoms with van der Waals surface area (Å²) in [7, 11) is 0. The number of likely N-dealkylation sites (N-methyl/N-ethyl adjacent to an activating group) is 1. The molecule has 1 unspecified atom stereocenters. The molecule has 20 heavy (non-hydrogen) atoms. The summed E-state index contributed by atoms with van der Waals surface area (Å²) in [5.41, 5.74) is 2.41. The first-order valence-corrected chi connectivity index (χ1v) is 7.90. The molecule has 1 saturated carbocycles. The molecule has 1 atom stereocenters. The molecule has 0 radical (unpaired) electrons. The standard InChI is InChI=1S/C16H25N3O/c1-2-19(12-16-4-3-9-20-16)15-7-8-17-14(10-15)11-18-13-5-6-13/h7-8,10,13,16,18H,2-6,9,11-12H2,1H3. The van der Waals surface area contributed by atoms with Crippen molar-refractivity contribution in [1.82, 2.24) is 10.3 Å². The van der Waals surface area contributed by atoms with Gasteiger partial charge in [0.05, 0.1) is 11.8 Å². The minimum atomic E-state index is 0.399. The average molecular weight is 275 g/mol. The summed E-state index contributed by atoms with van der Waals surface area (Å²) in [6.45, 7) is 6.03. The normalized spacial score (nSPS) is 22.1. The van der Waals surface area contributed by atoms with Crippen molar-refractivity contribution in [2.75, 3.05) is 24.6 Å². The van der Waals surface area contributed by atoms with E-state index in [0.29, 0.717) is 6.10 Å². The van der Waals surface area contributed by atoms with Crippen molar-refractivity contribution >= 4 is 5.69 Å². The monoisotopic (exact) mass is 275 g/mol. The van der Waals surface area contributed by atoms with Crippen LogP contribution in [0, 0.1) is 0 Å². The molecule has 2 aliphatic rings. The van der Waals surface area contributed by atoms with E-state index in [9.17, 15) is 0 Å². The third-order valence-electron chi connectivity index (χ3n) is 4.14. The lowest BCUT2D eigenvalue weighted by Gasteiger charge is -2.26. The van der Waals surface area contributed by atoms with E-state index in [0.717, 1.165) is 38.0 Å². The van der Waals surface area contributed by atoms with Crippen molar-refractivity contribution in [1.29, 1.82) is 0 Å². The summed E-state index contributed by atoms with van der Waals surface area (Å²) in [6, 6.07) is 5.06. The van der Waals surface area contributed by atoms with Crippen molar-refractivity contribution in [3.05, 3.63) is 24.0 Å². The van der Waals surface area contributed by atoms with Crippen LogP contribution in [0.5, 0.6) is 0 Å². The number of hydrogen-bond donors (Lipinski definition) is 1. The minimum absolute atomic E-state index is 0.399. The zero-order valence-corrected chi connectivity index (χ0v) is 12.3. The van der Waals surface area contributed by atoms with Gasteiger partial charge < -0.3 is 15.0 Å². The molecule has 1 aliphatic carbocycles. The first kappa shape index (κ1) is 13.8. The topological polar surface area (TPSA) is 37.4 Å². The largest absolute Gasteiger partial charge is 0.376 e. The molecule has 1 N–H and O–H groups in total. The number of nitrogens with zero attached hydrogens (tertiary/aromatic N) is 2. The Morgan fingerprint density at radius 2 is 2.30 bits per heavy atom. The second-order valence-electron chi connectivity index (χ2n) is 5.83. The highest BCUT2D eigenvalue weighted by Crippen LogP contribution is 2.21. The highest BCUT2D eigenvalue weighted by Gasteiger charge is 2.21. The number of hydrogen-bond acceptors (Lipinski definition) is 4. The van der Waals surface area contributed by atoms with Gasteiger partial charge in [-0.25, -0.2) is 0 Å². The van der Waals surface area contributed by atoms with Gasteiger partial charge >= 0.3 is 0 Å². The van der Waals surface area contributed by atoms with Crippen LogP contribution >= 0.6 is 0 Å². The van der Waals surface area contributed by atoms with Gasteiger partial charge in [-0.2, -0.15) is 0 Å². The van der Waals surface area contributed by atoms with Crippen LogP contribution in [0.15, 0.2) is 18.3 Å². The van der Waals surface area contributed by atoms with E-state index in [-0.39, 0.29) is 0 Å². The third kappa shape index (κ3) is 3.70. The van der Waals surface area contributed by atoms with Crippen LogP contribution in [0.25, 0.3) is 0 Å². The molecule has 1 aromatic heterocycles. The SMILES string of the molecule is CCN(CC1CCCO1)c1ccnc(CNC2CC2)c1. The van der Waals surface area contributed by atoms with Crippen molar-refractivity contribution in [2.24, 2.45) is 0 Å². The van der Waals surface area contributed by atoms with E-state index in [1.165, 1.54) is 31.4 Å². The molecular formula is C16H25N3O. The summed E-state index contributed by atoms with van der Waals surface area (Å²) < 4.78 is 5.75. The summed E-state index contributed by atoms with van der Waals surface area (Å²) in [5, 5.41) is 3.52. The van der Waals surface area contributed by atoms with Gasteiger partial charge in [0.2, 0.25) is 0 Å². The van der Waals surface area contributed by atoms with Crippen molar-refractivity contribution < 1.29 is 4.74 Å². The van der Waals surface area contributed by atoms with Crippen LogP contribution < -0.4 is 10.2 Å². The van der Waals surface area contributed by atoms with Gasteiger partial charge in [-0.1, -0.05) is 0 Å². The molecule has 3 rings (SSSR count). The molecule has 4 nitrogen and oxygen atoms in total. The lowest BCUT2D eigenvalue weighted by atomic mass is 10.2. The Balaban J connectivity index is 1.61. The van der Waals surface area contributed by atoms with E-state index in [1.54, 1.807) is 0 Å². The van der Waals surface area contributed by atoms with Gasteiger partial charge in [0.25, 0.3) is 0 Å². The Kier molecular flexibility index (Phi) is 4.53. The van der Waals surface area contributed by atoms with Crippen molar-refractivity contribution in [3.8, 4) is 0 Å². The Labute approximate surface area is 121 Å². The number of ether oxygens (including phenoxy) is 1. The van der Waals surface area contributed by atoms with E-state index >= 15 is 0 Å². The highest BCUT2D eigenvalue weighted by atomic mass is 16.5. The number of anilines is 1. The molecule has 2 fully saturated rings. The molecule has 0 aromatic carbocycles. The van der Waals surface area contributed by atoms with Gasteiger partial charge in [0.1, 0.15) is 0 Å². The fourth-order valence-corrected chi connectivity index (χ4v) is 2.75. The molecule has 1 saturated heterocycles. The summed E-state index contributed by atoms with van der Waals surface area (Å²) in [6.07, 6.45) is 7.36. The molecular weight excluding hydrogens is 250 g/mol. The molecule has 1 aromatic rings. The number of nitrogens with one attached hydrogen (secondary N) is 1. The summed E-state index contributed by atoms with van der Waals surface area (Å²) in [5.74, 6) is 0. The maximum atomic E-state index is 5.75. The van der Waals surface area contributed by atoms with Gasteiger partial charge in [-0.3, -0.25) is 4.98 Å². The quantitative estimate of drug-likeness (QED) is 0.829. The van der Waals surface area contributed by atoms with Crippen LogP contribution in [0.3, 0.4) is 0 Å². The van der Waals surface area contributed by atoms with Crippen LogP contribution in [-0.4, -0.2) is 36.8 Å². The fraction of sp³-hybridized carbons (Fsp3) is 0.688. The number of pyridine rings is 1. The minimum Gasteiger partial charge on any atom is -0.376 e. The van der Waals surface area contributed by atoms with Gasteiger partial charge in [0.15, 0.2) is 0 Å². The van der Waals surface area contributed by atoms with Crippen molar-refractivity contribution in [3.63, 3.8) is 0 Å². The smallest absolute Gasteiger partial charge is 0.0750 e. The number of rotatable bonds is 7. The molecule has 110 valence electrons. The zero-order valence-electron chi connectivity index (χ0n) is 12.3. The van der Waals surface area contributed by atoms with Crippen LogP contribution in [0.4, 0.5) is 5.69 Å². The Morgan fingerprint density at radius 1 is 1.40 bits per heavy atom. The number of aromatic nitrogens is 1.